The molecule has 0 bridgehead atoms. The highest BCUT2D eigenvalue weighted by Gasteiger charge is 2.50. The van der Waals surface area contributed by atoms with Gasteiger partial charge in [-0.1, -0.05) is 29.3 Å². The van der Waals surface area contributed by atoms with Crippen molar-refractivity contribution in [1.82, 2.24) is 9.97 Å². The van der Waals surface area contributed by atoms with E-state index in [4.69, 9.17) is 36.9 Å². The maximum absolute atomic E-state index is 11.4. The standard InChI is InChI=1S/C15H16Cl2N2O5S/c1-9(24-25(2,20)21)13-8-22-15(23-13,14-18-5-6-19-14)11-4-3-10(16)7-12(11)17/h3-7,9,13H,8H2,1-2H3,(H,18,19)/t9?,13-,15+/m0/s1. The van der Waals surface area contributed by atoms with Crippen molar-refractivity contribution in [3.63, 3.8) is 0 Å². The van der Waals surface area contributed by atoms with Crippen molar-refractivity contribution in [3.8, 4) is 0 Å². The lowest BCUT2D eigenvalue weighted by Crippen LogP contribution is -2.35. The molecule has 3 atom stereocenters. The van der Waals surface area contributed by atoms with Crippen molar-refractivity contribution in [3.05, 3.63) is 52.0 Å². The molecule has 0 aliphatic carbocycles. The summed E-state index contributed by atoms with van der Waals surface area (Å²) in [5.74, 6) is -1.03. The number of imidazole rings is 1. The summed E-state index contributed by atoms with van der Waals surface area (Å²) >= 11 is 12.3. The van der Waals surface area contributed by atoms with E-state index in [0.29, 0.717) is 21.4 Å². The van der Waals surface area contributed by atoms with Gasteiger partial charge in [-0.15, -0.1) is 0 Å². The molecular formula is C15H16Cl2N2O5S. The lowest BCUT2D eigenvalue weighted by atomic mass is 10.0. The molecule has 1 fully saturated rings. The lowest BCUT2D eigenvalue weighted by Gasteiger charge is -2.28. The molecule has 1 aromatic carbocycles. The van der Waals surface area contributed by atoms with E-state index in [1.165, 1.54) is 0 Å². The number of nitrogens with one attached hydrogen (secondary N) is 1. The average Bonchev–Trinajstić information content (AvgIpc) is 3.15. The smallest absolute Gasteiger partial charge is 0.264 e. The van der Waals surface area contributed by atoms with E-state index in [1.807, 2.05) is 0 Å². The average molecular weight is 407 g/mol. The second kappa shape index (κ2) is 6.86. The van der Waals surface area contributed by atoms with E-state index in [2.05, 4.69) is 9.97 Å². The first-order valence-electron chi connectivity index (χ1n) is 7.37. The van der Waals surface area contributed by atoms with E-state index in [-0.39, 0.29) is 6.61 Å². The summed E-state index contributed by atoms with van der Waals surface area (Å²) in [6.07, 6.45) is 2.76. The first-order valence-corrected chi connectivity index (χ1v) is 9.94. The zero-order valence-electron chi connectivity index (χ0n) is 13.4. The van der Waals surface area contributed by atoms with Crippen molar-refractivity contribution >= 4 is 33.3 Å². The van der Waals surface area contributed by atoms with Gasteiger partial charge in [-0.3, -0.25) is 4.18 Å². The maximum Gasteiger partial charge on any atom is 0.264 e. The van der Waals surface area contributed by atoms with Gasteiger partial charge in [0, 0.05) is 23.0 Å². The van der Waals surface area contributed by atoms with Crippen LogP contribution in [0, 0.1) is 0 Å². The molecule has 1 saturated heterocycles. The molecule has 2 aromatic rings. The van der Waals surface area contributed by atoms with Crippen LogP contribution in [-0.2, 0) is 29.6 Å². The maximum atomic E-state index is 11.4. The number of hydrogen-bond donors (Lipinski definition) is 1. The minimum absolute atomic E-state index is 0.0936. The highest BCUT2D eigenvalue weighted by molar-refractivity contribution is 7.86. The molecule has 0 amide bonds. The Morgan fingerprint density at radius 2 is 2.20 bits per heavy atom. The molecule has 1 aliphatic rings. The van der Waals surface area contributed by atoms with Gasteiger partial charge in [-0.2, -0.15) is 8.42 Å². The summed E-state index contributed by atoms with van der Waals surface area (Å²) in [4.78, 5) is 7.18. The molecule has 7 nitrogen and oxygen atoms in total. The van der Waals surface area contributed by atoms with E-state index in [1.54, 1.807) is 37.5 Å². The fourth-order valence-corrected chi connectivity index (χ4v) is 3.85. The molecular weight excluding hydrogens is 391 g/mol. The quantitative estimate of drug-likeness (QED) is 0.767. The van der Waals surface area contributed by atoms with Gasteiger partial charge in [0.15, 0.2) is 5.82 Å². The van der Waals surface area contributed by atoms with Crippen molar-refractivity contribution in [2.24, 2.45) is 0 Å². The number of hydrogen-bond acceptors (Lipinski definition) is 6. The monoisotopic (exact) mass is 406 g/mol. The second-order valence-corrected chi connectivity index (χ2v) is 8.10. The van der Waals surface area contributed by atoms with Gasteiger partial charge >= 0.3 is 0 Å². The van der Waals surface area contributed by atoms with E-state index < -0.39 is 28.1 Å². The Balaban J connectivity index is 1.98. The summed E-state index contributed by atoms with van der Waals surface area (Å²) in [5.41, 5.74) is 0.502. The highest BCUT2D eigenvalue weighted by Crippen LogP contribution is 2.43. The Morgan fingerprint density at radius 3 is 2.80 bits per heavy atom. The van der Waals surface area contributed by atoms with Crippen molar-refractivity contribution in [2.45, 2.75) is 24.9 Å². The molecule has 0 saturated carbocycles. The summed E-state index contributed by atoms with van der Waals surface area (Å²) < 4.78 is 39.8. The van der Waals surface area contributed by atoms with Crippen molar-refractivity contribution in [1.29, 1.82) is 0 Å². The second-order valence-electron chi connectivity index (χ2n) is 5.65. The number of ether oxygens (including phenoxy) is 2. The van der Waals surface area contributed by atoms with Crippen LogP contribution in [0.4, 0.5) is 0 Å². The van der Waals surface area contributed by atoms with Crippen LogP contribution in [0.15, 0.2) is 30.6 Å². The molecule has 2 heterocycles. The summed E-state index contributed by atoms with van der Waals surface area (Å²) in [5, 5.41) is 0.799. The fraction of sp³-hybridized carbons (Fsp3) is 0.400. The third-order valence-electron chi connectivity index (χ3n) is 3.71. The molecule has 0 spiro atoms. The third-order valence-corrected chi connectivity index (χ3v) is 4.91. The van der Waals surface area contributed by atoms with Crippen molar-refractivity contribution < 1.29 is 22.1 Å². The zero-order chi connectivity index (χ0) is 18.2. The highest BCUT2D eigenvalue weighted by atomic mass is 35.5. The van der Waals surface area contributed by atoms with Crippen LogP contribution in [0.3, 0.4) is 0 Å². The van der Waals surface area contributed by atoms with E-state index in [0.717, 1.165) is 6.26 Å². The number of halogens is 2. The van der Waals surface area contributed by atoms with Crippen LogP contribution in [-0.4, -0.2) is 43.5 Å². The van der Waals surface area contributed by atoms with Crippen molar-refractivity contribution in [2.75, 3.05) is 12.9 Å². The molecule has 1 unspecified atom stereocenters. The number of aromatic nitrogens is 2. The predicted octanol–water partition coefficient (Wildman–Crippen LogP) is 2.70. The van der Waals surface area contributed by atoms with Crippen LogP contribution < -0.4 is 0 Å². The van der Waals surface area contributed by atoms with Gasteiger partial charge in [0.05, 0.1) is 17.9 Å². The molecule has 136 valence electrons. The third kappa shape index (κ3) is 3.84. The number of H-pyrrole nitrogens is 1. The Morgan fingerprint density at radius 1 is 1.44 bits per heavy atom. The number of nitrogens with zero attached hydrogens (tertiary/aromatic N) is 1. The van der Waals surface area contributed by atoms with Crippen LogP contribution >= 0.6 is 23.2 Å². The van der Waals surface area contributed by atoms with Gasteiger partial charge < -0.3 is 14.5 Å². The lowest BCUT2D eigenvalue weighted by molar-refractivity contribution is -0.156. The molecule has 10 heteroatoms. The van der Waals surface area contributed by atoms with Crippen LogP contribution in [0.5, 0.6) is 0 Å². The van der Waals surface area contributed by atoms with Gasteiger partial charge in [-0.25, -0.2) is 4.98 Å². The van der Waals surface area contributed by atoms with Crippen LogP contribution in [0.25, 0.3) is 0 Å². The molecule has 3 rings (SSSR count). The van der Waals surface area contributed by atoms with Gasteiger partial charge in [0.25, 0.3) is 15.9 Å². The minimum atomic E-state index is -3.63. The number of rotatable bonds is 5. The first-order chi connectivity index (χ1) is 11.7. The van der Waals surface area contributed by atoms with Crippen LogP contribution in [0.2, 0.25) is 10.0 Å². The SMILES string of the molecule is CC(OS(C)(=O)=O)[C@@H]1CO[C@](c2ncc[nH]2)(c2ccc(Cl)cc2Cl)O1. The van der Waals surface area contributed by atoms with Gasteiger partial charge in [0.2, 0.25) is 0 Å². The minimum Gasteiger partial charge on any atom is -0.344 e. The Bertz CT molecular complexity index is 859. The summed E-state index contributed by atoms with van der Waals surface area (Å²) in [6, 6.07) is 4.90. The Kier molecular flexibility index (Phi) is 5.11. The molecule has 25 heavy (non-hydrogen) atoms. The molecule has 1 N–H and O–H groups in total. The number of aromatic amines is 1. The first kappa shape index (κ1) is 18.6. The summed E-state index contributed by atoms with van der Waals surface area (Å²) in [7, 11) is -3.63. The van der Waals surface area contributed by atoms with Gasteiger partial charge in [-0.05, 0) is 19.1 Å². The van der Waals surface area contributed by atoms with Crippen LogP contribution in [0.1, 0.15) is 18.3 Å². The molecule has 0 radical (unpaired) electrons. The zero-order valence-corrected chi connectivity index (χ0v) is 15.7. The largest absolute Gasteiger partial charge is 0.344 e. The van der Waals surface area contributed by atoms with E-state index in [9.17, 15) is 8.42 Å². The topological polar surface area (TPSA) is 90.5 Å². The fourth-order valence-electron chi connectivity index (χ4n) is 2.64. The number of benzene rings is 1. The predicted molar refractivity (Wildman–Crippen MR) is 92.0 cm³/mol. The Hall–Kier alpha value is -1.16. The normalized spacial score (nSPS) is 25.2. The van der Waals surface area contributed by atoms with E-state index >= 15 is 0 Å². The molecule has 1 aromatic heterocycles. The summed E-state index contributed by atoms with van der Waals surface area (Å²) in [6.45, 7) is 1.69. The molecule has 1 aliphatic heterocycles. The van der Waals surface area contributed by atoms with Gasteiger partial charge in [0.1, 0.15) is 12.2 Å². The Labute approximate surface area is 155 Å².